The number of esters is 1. The Bertz CT molecular complexity index is 385. The van der Waals surface area contributed by atoms with Crippen molar-refractivity contribution in [2.24, 2.45) is 0 Å². The largest absolute Gasteiger partial charge is 0.459 e. The van der Waals surface area contributed by atoms with Gasteiger partial charge < -0.3 is 10.1 Å². The average molecular weight is 256 g/mol. The van der Waals surface area contributed by atoms with Gasteiger partial charge >= 0.3 is 5.97 Å². The van der Waals surface area contributed by atoms with Crippen molar-refractivity contribution in [3.63, 3.8) is 0 Å². The van der Waals surface area contributed by atoms with Crippen LogP contribution in [-0.2, 0) is 16.1 Å². The quantitative estimate of drug-likeness (QED) is 0.841. The minimum Gasteiger partial charge on any atom is -0.459 e. The first-order valence-electron chi connectivity index (χ1n) is 5.54. The third kappa shape index (κ3) is 6.29. The molecule has 4 heteroatoms. The molecule has 0 unspecified atom stereocenters. The summed E-state index contributed by atoms with van der Waals surface area (Å²) >= 11 is 5.85. The molecule has 1 N–H and O–H groups in total. The predicted octanol–water partition coefficient (Wildman–Crippen LogP) is 2.77. The smallest absolute Gasteiger partial charge is 0.320 e. The molecule has 1 aromatic rings. The topological polar surface area (TPSA) is 38.3 Å². The van der Waals surface area contributed by atoms with Gasteiger partial charge in [0.15, 0.2) is 0 Å². The van der Waals surface area contributed by atoms with E-state index < -0.39 is 5.60 Å². The molecule has 0 heterocycles. The van der Waals surface area contributed by atoms with E-state index in [1.165, 1.54) is 0 Å². The number of rotatable bonds is 4. The highest BCUT2D eigenvalue weighted by Gasteiger charge is 2.15. The number of benzene rings is 1. The molecular formula is C13H18ClNO2. The minimum absolute atomic E-state index is 0.198. The number of halogens is 1. The van der Waals surface area contributed by atoms with Gasteiger partial charge in [-0.15, -0.1) is 0 Å². The maximum Gasteiger partial charge on any atom is 0.320 e. The van der Waals surface area contributed by atoms with Crippen LogP contribution >= 0.6 is 11.6 Å². The minimum atomic E-state index is -0.436. The number of carbonyl (C=O) groups excluding carboxylic acids is 1. The van der Waals surface area contributed by atoms with E-state index in [9.17, 15) is 4.79 Å². The Morgan fingerprint density at radius 2 is 2.12 bits per heavy atom. The van der Waals surface area contributed by atoms with E-state index in [0.717, 1.165) is 5.56 Å². The van der Waals surface area contributed by atoms with Crippen LogP contribution in [0.2, 0.25) is 5.02 Å². The Morgan fingerprint density at radius 1 is 1.41 bits per heavy atom. The van der Waals surface area contributed by atoms with Gasteiger partial charge in [-0.25, -0.2) is 0 Å². The van der Waals surface area contributed by atoms with Gasteiger partial charge in [-0.2, -0.15) is 0 Å². The fraction of sp³-hybridized carbons (Fsp3) is 0.462. The number of nitrogens with one attached hydrogen (secondary N) is 1. The van der Waals surface area contributed by atoms with E-state index in [1.54, 1.807) is 0 Å². The lowest BCUT2D eigenvalue weighted by Gasteiger charge is -2.19. The molecule has 0 spiro atoms. The number of hydrogen-bond acceptors (Lipinski definition) is 3. The highest BCUT2D eigenvalue weighted by molar-refractivity contribution is 6.30. The fourth-order valence-corrected chi connectivity index (χ4v) is 1.55. The molecule has 0 aliphatic heterocycles. The third-order valence-electron chi connectivity index (χ3n) is 1.91. The zero-order valence-electron chi connectivity index (χ0n) is 10.4. The Hall–Kier alpha value is -1.06. The molecule has 94 valence electrons. The lowest BCUT2D eigenvalue weighted by molar-refractivity contribution is -0.153. The zero-order chi connectivity index (χ0) is 12.9. The summed E-state index contributed by atoms with van der Waals surface area (Å²) < 4.78 is 5.17. The molecule has 0 amide bonds. The zero-order valence-corrected chi connectivity index (χ0v) is 11.2. The Labute approximate surface area is 107 Å². The van der Waals surface area contributed by atoms with E-state index in [2.05, 4.69) is 5.32 Å². The second-order valence-corrected chi connectivity index (χ2v) is 5.26. The van der Waals surface area contributed by atoms with E-state index in [4.69, 9.17) is 16.3 Å². The summed E-state index contributed by atoms with van der Waals surface area (Å²) in [6.07, 6.45) is 0. The Morgan fingerprint density at radius 3 is 2.71 bits per heavy atom. The molecule has 0 fully saturated rings. The van der Waals surface area contributed by atoms with Crippen LogP contribution < -0.4 is 5.32 Å². The van der Waals surface area contributed by atoms with E-state index in [0.29, 0.717) is 11.6 Å². The molecule has 1 rings (SSSR count). The molecule has 0 atom stereocenters. The van der Waals surface area contributed by atoms with Crippen LogP contribution in [0.5, 0.6) is 0 Å². The third-order valence-corrected chi connectivity index (χ3v) is 2.14. The number of hydrogen-bond donors (Lipinski definition) is 1. The molecule has 0 radical (unpaired) electrons. The Kier molecular flexibility index (Phi) is 4.97. The summed E-state index contributed by atoms with van der Waals surface area (Å²) in [5.41, 5.74) is 0.607. The lowest BCUT2D eigenvalue weighted by atomic mass is 10.2. The van der Waals surface area contributed by atoms with Crippen molar-refractivity contribution in [1.82, 2.24) is 5.32 Å². The van der Waals surface area contributed by atoms with Gasteiger partial charge in [-0.05, 0) is 38.5 Å². The maximum atomic E-state index is 11.4. The van der Waals surface area contributed by atoms with E-state index in [1.807, 2.05) is 45.0 Å². The van der Waals surface area contributed by atoms with Gasteiger partial charge in [-0.3, -0.25) is 4.79 Å². The molecular weight excluding hydrogens is 238 g/mol. The van der Waals surface area contributed by atoms with Gasteiger partial charge in [0, 0.05) is 11.6 Å². The van der Waals surface area contributed by atoms with Gasteiger partial charge in [0.2, 0.25) is 0 Å². The standard InChI is InChI=1S/C13H18ClNO2/c1-13(2,3)17-12(16)9-15-8-10-5-4-6-11(14)7-10/h4-7,15H,8-9H2,1-3H3. The van der Waals surface area contributed by atoms with Gasteiger partial charge in [0.05, 0.1) is 6.54 Å². The highest BCUT2D eigenvalue weighted by Crippen LogP contribution is 2.10. The summed E-state index contributed by atoms with van der Waals surface area (Å²) in [7, 11) is 0. The first-order valence-corrected chi connectivity index (χ1v) is 5.91. The lowest BCUT2D eigenvalue weighted by Crippen LogP contribution is -2.31. The molecule has 1 aromatic carbocycles. The van der Waals surface area contributed by atoms with Crippen molar-refractivity contribution in [2.45, 2.75) is 32.9 Å². The second kappa shape index (κ2) is 6.03. The summed E-state index contributed by atoms with van der Waals surface area (Å²) in [5.74, 6) is -0.250. The van der Waals surface area contributed by atoms with Crippen LogP contribution in [0.15, 0.2) is 24.3 Å². The van der Waals surface area contributed by atoms with Crippen LogP contribution in [0, 0.1) is 0 Å². The summed E-state index contributed by atoms with van der Waals surface area (Å²) in [6.45, 7) is 6.34. The fourth-order valence-electron chi connectivity index (χ4n) is 1.33. The van der Waals surface area contributed by atoms with E-state index >= 15 is 0 Å². The molecule has 0 bridgehead atoms. The van der Waals surface area contributed by atoms with Crippen molar-refractivity contribution >= 4 is 17.6 Å². The van der Waals surface area contributed by atoms with Crippen LogP contribution in [0.4, 0.5) is 0 Å². The Balaban J connectivity index is 2.31. The predicted molar refractivity (Wildman–Crippen MR) is 69.0 cm³/mol. The molecule has 3 nitrogen and oxygen atoms in total. The van der Waals surface area contributed by atoms with Crippen molar-refractivity contribution in [1.29, 1.82) is 0 Å². The van der Waals surface area contributed by atoms with Gasteiger partial charge in [-0.1, -0.05) is 23.7 Å². The molecule has 0 saturated heterocycles. The highest BCUT2D eigenvalue weighted by atomic mass is 35.5. The van der Waals surface area contributed by atoms with Gasteiger partial charge in [0.1, 0.15) is 5.60 Å². The van der Waals surface area contributed by atoms with Crippen LogP contribution in [0.1, 0.15) is 26.3 Å². The van der Waals surface area contributed by atoms with Crippen LogP contribution in [0.3, 0.4) is 0 Å². The SMILES string of the molecule is CC(C)(C)OC(=O)CNCc1cccc(Cl)c1. The van der Waals surface area contributed by atoms with Gasteiger partial charge in [0.25, 0.3) is 0 Å². The number of ether oxygens (including phenoxy) is 1. The van der Waals surface area contributed by atoms with Crippen LogP contribution in [0.25, 0.3) is 0 Å². The average Bonchev–Trinajstić information content (AvgIpc) is 2.14. The summed E-state index contributed by atoms with van der Waals surface area (Å²) in [5, 5.41) is 3.71. The summed E-state index contributed by atoms with van der Waals surface area (Å²) in [6, 6.07) is 7.52. The van der Waals surface area contributed by atoms with Crippen LogP contribution in [-0.4, -0.2) is 18.1 Å². The van der Waals surface area contributed by atoms with E-state index in [-0.39, 0.29) is 12.5 Å². The summed E-state index contributed by atoms with van der Waals surface area (Å²) in [4.78, 5) is 11.4. The monoisotopic (exact) mass is 255 g/mol. The molecule has 0 aliphatic rings. The molecule has 0 aliphatic carbocycles. The number of carbonyl (C=O) groups is 1. The molecule has 17 heavy (non-hydrogen) atoms. The van der Waals surface area contributed by atoms with Crippen molar-refractivity contribution in [3.8, 4) is 0 Å². The first kappa shape index (κ1) is 14.0. The second-order valence-electron chi connectivity index (χ2n) is 4.82. The normalized spacial score (nSPS) is 11.3. The van der Waals surface area contributed by atoms with Crippen molar-refractivity contribution in [2.75, 3.05) is 6.54 Å². The maximum absolute atomic E-state index is 11.4. The van der Waals surface area contributed by atoms with Crippen molar-refractivity contribution in [3.05, 3.63) is 34.9 Å². The molecule has 0 aromatic heterocycles. The molecule has 0 saturated carbocycles. The first-order chi connectivity index (χ1) is 7.87. The van der Waals surface area contributed by atoms with Crippen molar-refractivity contribution < 1.29 is 9.53 Å².